The fraction of sp³-hybridized carbons (Fsp3) is 0.280. The molecular formula is C25H34FN5O4S2. The molecule has 0 saturated carbocycles. The Bertz CT molecular complexity index is 1520. The number of aromatic nitrogens is 2. The second-order valence-electron chi connectivity index (χ2n) is 8.82. The lowest BCUT2D eigenvalue weighted by atomic mass is 10.1. The summed E-state index contributed by atoms with van der Waals surface area (Å²) in [6.45, 7) is 2.83. The number of hydrogen-bond acceptors (Lipinski definition) is 7. The highest BCUT2D eigenvalue weighted by Gasteiger charge is 2.33. The molecule has 37 heavy (non-hydrogen) atoms. The highest BCUT2D eigenvalue weighted by molar-refractivity contribution is 7.93. The molecule has 2 aromatic heterocycles. The highest BCUT2D eigenvalue weighted by atomic mass is 32.2. The van der Waals surface area contributed by atoms with Crippen LogP contribution < -0.4 is 9.62 Å². The van der Waals surface area contributed by atoms with E-state index >= 15 is 0 Å². The molecule has 2 atom stereocenters. The van der Waals surface area contributed by atoms with Crippen LogP contribution in [0.25, 0.3) is 10.9 Å². The number of anilines is 2. The van der Waals surface area contributed by atoms with E-state index < -0.39 is 22.1 Å². The summed E-state index contributed by atoms with van der Waals surface area (Å²) >= 11 is 1.19. The van der Waals surface area contributed by atoms with Crippen molar-refractivity contribution < 1.29 is 28.4 Å². The van der Waals surface area contributed by atoms with E-state index in [1.54, 1.807) is 58.3 Å². The van der Waals surface area contributed by atoms with Crippen molar-refractivity contribution in [3.63, 3.8) is 0 Å². The lowest BCUT2D eigenvalue weighted by Gasteiger charge is -2.42. The first-order valence-corrected chi connectivity index (χ1v) is 14.1. The van der Waals surface area contributed by atoms with Crippen LogP contribution in [0, 0.1) is 5.82 Å². The second-order valence-corrected chi connectivity index (χ2v) is 11.4. The van der Waals surface area contributed by atoms with Gasteiger partial charge in [-0.3, -0.25) is 9.52 Å². The van der Waals surface area contributed by atoms with Crippen molar-refractivity contribution in [2.45, 2.75) is 23.9 Å². The van der Waals surface area contributed by atoms with Crippen molar-refractivity contribution in [1.29, 1.82) is 0 Å². The van der Waals surface area contributed by atoms with E-state index in [1.807, 2.05) is 4.90 Å². The average Bonchev–Trinajstić information content (AvgIpc) is 3.58. The molecule has 2 aromatic carbocycles. The van der Waals surface area contributed by atoms with Crippen molar-refractivity contribution in [3.8, 4) is 0 Å². The van der Waals surface area contributed by atoms with Crippen molar-refractivity contribution in [3.05, 3.63) is 72.1 Å². The van der Waals surface area contributed by atoms with E-state index in [9.17, 15) is 22.7 Å². The minimum atomic E-state index is -3.75. The summed E-state index contributed by atoms with van der Waals surface area (Å²) in [6.07, 6.45) is 3.23. The minimum absolute atomic E-state index is 0. The monoisotopic (exact) mass is 551 g/mol. The van der Waals surface area contributed by atoms with E-state index in [0.29, 0.717) is 35.7 Å². The fourth-order valence-electron chi connectivity index (χ4n) is 4.67. The molecule has 4 aromatic rings. The molecule has 12 heteroatoms. The van der Waals surface area contributed by atoms with Gasteiger partial charge in [0.1, 0.15) is 11.9 Å². The molecule has 0 radical (unpaired) electrons. The second kappa shape index (κ2) is 10.1. The average molecular weight is 552 g/mol. The molecule has 0 spiro atoms. The molecule has 2 N–H and O–H groups in total. The summed E-state index contributed by atoms with van der Waals surface area (Å²) in [5.74, 6) is -0.495. The van der Waals surface area contributed by atoms with Gasteiger partial charge in [-0.05, 0) is 49.4 Å². The van der Waals surface area contributed by atoms with Crippen LogP contribution in [0.3, 0.4) is 0 Å². The van der Waals surface area contributed by atoms with Gasteiger partial charge >= 0.3 is 0 Å². The molecule has 0 bridgehead atoms. The maximum Gasteiger partial charge on any atom is 0.263 e. The number of nitrogens with one attached hydrogen (secondary N) is 1. The van der Waals surface area contributed by atoms with Gasteiger partial charge in [-0.25, -0.2) is 17.8 Å². The molecule has 0 unspecified atom stereocenters. The summed E-state index contributed by atoms with van der Waals surface area (Å²) in [7, 11) is -3.75. The number of rotatable bonds is 7. The number of halogens is 1. The molecule has 202 valence electrons. The Morgan fingerprint density at radius 3 is 2.73 bits per heavy atom. The van der Waals surface area contributed by atoms with E-state index in [0.717, 1.165) is 5.69 Å². The van der Waals surface area contributed by atoms with E-state index in [-0.39, 0.29) is 28.9 Å². The summed E-state index contributed by atoms with van der Waals surface area (Å²) in [6, 6.07) is 11.9. The Morgan fingerprint density at radius 2 is 2.03 bits per heavy atom. The van der Waals surface area contributed by atoms with Gasteiger partial charge in [0.05, 0.1) is 23.1 Å². The van der Waals surface area contributed by atoms with E-state index in [1.165, 1.54) is 35.7 Å². The number of benzene rings is 2. The Balaban J connectivity index is 0.00000210. The third-order valence-corrected chi connectivity index (χ3v) is 8.80. The quantitative estimate of drug-likeness (QED) is 0.355. The first-order chi connectivity index (χ1) is 17.8. The van der Waals surface area contributed by atoms with Gasteiger partial charge in [0.2, 0.25) is 5.91 Å². The van der Waals surface area contributed by atoms with Gasteiger partial charge in [0.15, 0.2) is 5.13 Å². The number of piperazine rings is 1. The number of carbonyl (C=O) groups is 1. The zero-order valence-electron chi connectivity index (χ0n) is 20.0. The number of carbonyl (C=O) groups excluding carboxylic acids is 1. The SMILES string of the molecule is C[C@@H](C(=O)N1CCN(c2ccc(S(=O)(=O)Nc3nccs3)cc2)C[C@H]1CO)n1ccc2c(F)cccc21.[HH].[HH].[HH].[HH]. The van der Waals surface area contributed by atoms with Crippen LogP contribution in [0.1, 0.15) is 18.7 Å². The summed E-state index contributed by atoms with van der Waals surface area (Å²) in [5, 5.41) is 12.5. The van der Waals surface area contributed by atoms with Crippen LogP contribution in [0.15, 0.2) is 71.2 Å². The molecule has 0 aliphatic carbocycles. The van der Waals surface area contributed by atoms with Crippen molar-refractivity contribution in [1.82, 2.24) is 14.5 Å². The van der Waals surface area contributed by atoms with Gasteiger partial charge in [0.25, 0.3) is 10.0 Å². The minimum Gasteiger partial charge on any atom is -0.394 e. The Morgan fingerprint density at radius 1 is 1.24 bits per heavy atom. The first kappa shape index (κ1) is 25.2. The topological polar surface area (TPSA) is 108 Å². The Kier molecular flexibility index (Phi) is 6.88. The predicted octanol–water partition coefficient (Wildman–Crippen LogP) is 4.29. The summed E-state index contributed by atoms with van der Waals surface area (Å²) < 4.78 is 43.5. The standard InChI is InChI=1S/C25H26FN5O4S2.4H2/c1-17(30-11-9-21-22(26)3-2-4-23(21)30)24(33)31-13-12-29(15-19(31)16-32)18-5-7-20(8-6-18)37(34,35)28-25-27-10-14-36-25;;;;/h2-11,14,17,19,32H,12-13,15-16H2,1H3,(H,27,28);4*1H/t17-,19-;;;;/m0..../s1. The van der Waals surface area contributed by atoms with Crippen molar-refractivity contribution in [2.75, 3.05) is 35.9 Å². The van der Waals surface area contributed by atoms with Crippen LogP contribution >= 0.6 is 11.3 Å². The zero-order chi connectivity index (χ0) is 26.2. The Labute approximate surface area is 223 Å². The maximum absolute atomic E-state index is 14.1. The molecule has 1 fully saturated rings. The smallest absolute Gasteiger partial charge is 0.263 e. The number of aliphatic hydroxyl groups is 1. The number of thiazole rings is 1. The van der Waals surface area contributed by atoms with Crippen LogP contribution in [-0.4, -0.2) is 66.2 Å². The molecule has 1 amide bonds. The highest BCUT2D eigenvalue weighted by Crippen LogP contribution is 2.27. The van der Waals surface area contributed by atoms with Crippen LogP contribution in [0.2, 0.25) is 0 Å². The molecule has 5 rings (SSSR count). The number of amides is 1. The van der Waals surface area contributed by atoms with Gasteiger partial charge in [-0.15, -0.1) is 11.3 Å². The summed E-state index contributed by atoms with van der Waals surface area (Å²) in [5.41, 5.74) is 1.43. The third kappa shape index (κ3) is 4.91. The number of fused-ring (bicyclic) bond motifs is 1. The van der Waals surface area contributed by atoms with E-state index in [2.05, 4.69) is 9.71 Å². The molecule has 1 saturated heterocycles. The first-order valence-electron chi connectivity index (χ1n) is 11.7. The molecule has 3 heterocycles. The zero-order valence-corrected chi connectivity index (χ0v) is 21.6. The maximum atomic E-state index is 14.1. The van der Waals surface area contributed by atoms with Crippen LogP contribution in [0.5, 0.6) is 0 Å². The van der Waals surface area contributed by atoms with Crippen LogP contribution in [0.4, 0.5) is 15.2 Å². The number of hydrogen-bond donors (Lipinski definition) is 2. The molecular weight excluding hydrogens is 517 g/mol. The number of nitrogens with zero attached hydrogens (tertiary/aromatic N) is 4. The lowest BCUT2D eigenvalue weighted by Crippen LogP contribution is -2.57. The largest absolute Gasteiger partial charge is 0.394 e. The predicted molar refractivity (Wildman–Crippen MR) is 149 cm³/mol. The van der Waals surface area contributed by atoms with Gasteiger partial charge < -0.3 is 19.5 Å². The van der Waals surface area contributed by atoms with Gasteiger partial charge in [0, 0.05) is 54.2 Å². The molecule has 1 aliphatic rings. The normalized spacial score (nSPS) is 17.2. The third-order valence-electron chi connectivity index (χ3n) is 6.63. The van der Waals surface area contributed by atoms with Crippen molar-refractivity contribution >= 4 is 49.0 Å². The number of aliphatic hydroxyl groups excluding tert-OH is 1. The fourth-order valence-corrected chi connectivity index (χ4v) is 6.46. The molecule has 1 aliphatic heterocycles. The Hall–Kier alpha value is -3.48. The van der Waals surface area contributed by atoms with E-state index in [4.69, 9.17) is 0 Å². The molecule has 9 nitrogen and oxygen atoms in total. The lowest BCUT2D eigenvalue weighted by molar-refractivity contribution is -0.138. The number of sulfonamides is 1. The van der Waals surface area contributed by atoms with Gasteiger partial charge in [-0.2, -0.15) is 0 Å². The van der Waals surface area contributed by atoms with Crippen LogP contribution in [-0.2, 0) is 14.8 Å². The van der Waals surface area contributed by atoms with Gasteiger partial charge in [-0.1, -0.05) is 6.07 Å². The van der Waals surface area contributed by atoms with Crippen molar-refractivity contribution in [2.24, 2.45) is 0 Å². The summed E-state index contributed by atoms with van der Waals surface area (Å²) in [4.78, 5) is 21.2.